The van der Waals surface area contributed by atoms with Crippen LogP contribution < -0.4 is 5.32 Å². The molecule has 1 unspecified atom stereocenters. The largest absolute Gasteiger partial charge is 0.381 e. The predicted octanol–water partition coefficient (Wildman–Crippen LogP) is 2.68. The maximum atomic E-state index is 5.40. The Bertz CT molecular complexity index is 608. The molecule has 2 heterocycles. The van der Waals surface area contributed by atoms with E-state index in [2.05, 4.69) is 46.4 Å². The third-order valence-electron chi connectivity index (χ3n) is 3.88. The molecule has 1 saturated heterocycles. The first kappa shape index (κ1) is 14.3. The minimum absolute atomic E-state index is 0.397. The first-order valence-electron chi connectivity index (χ1n) is 7.65. The van der Waals surface area contributed by atoms with Crippen molar-refractivity contribution in [3.05, 3.63) is 36.0 Å². The second-order valence-electron chi connectivity index (χ2n) is 5.79. The minimum atomic E-state index is 0.397. The van der Waals surface area contributed by atoms with Crippen molar-refractivity contribution in [1.29, 1.82) is 0 Å². The molecule has 4 heteroatoms. The van der Waals surface area contributed by atoms with Crippen molar-refractivity contribution in [3.8, 4) is 0 Å². The van der Waals surface area contributed by atoms with Crippen LogP contribution >= 0.6 is 0 Å². The number of fused-ring (bicyclic) bond motifs is 1. The summed E-state index contributed by atoms with van der Waals surface area (Å²) in [4.78, 5) is 7.05. The number of morpholine rings is 1. The van der Waals surface area contributed by atoms with Crippen LogP contribution in [0, 0.1) is 6.92 Å². The SMILES string of the molecule is Cc1cc(NC(C)CN2CCOCC2)c2ccccc2n1. The Hall–Kier alpha value is -1.65. The number of aromatic nitrogens is 1. The fourth-order valence-electron chi connectivity index (χ4n) is 2.91. The summed E-state index contributed by atoms with van der Waals surface area (Å²) in [5.41, 5.74) is 3.28. The molecule has 0 bridgehead atoms. The van der Waals surface area contributed by atoms with Crippen molar-refractivity contribution in [2.24, 2.45) is 0 Å². The molecule has 21 heavy (non-hydrogen) atoms. The molecule has 112 valence electrons. The molecule has 0 aliphatic carbocycles. The Morgan fingerprint density at radius 1 is 1.29 bits per heavy atom. The maximum Gasteiger partial charge on any atom is 0.0725 e. The molecule has 0 amide bonds. The molecular weight excluding hydrogens is 262 g/mol. The molecule has 0 spiro atoms. The predicted molar refractivity (Wildman–Crippen MR) is 86.8 cm³/mol. The zero-order valence-electron chi connectivity index (χ0n) is 12.8. The van der Waals surface area contributed by atoms with Gasteiger partial charge in [-0.25, -0.2) is 0 Å². The molecule has 0 radical (unpaired) electrons. The number of rotatable bonds is 4. The number of nitrogens with zero attached hydrogens (tertiary/aromatic N) is 2. The van der Waals surface area contributed by atoms with Crippen LogP contribution in [0.5, 0.6) is 0 Å². The summed E-state index contributed by atoms with van der Waals surface area (Å²) in [5.74, 6) is 0. The molecule has 2 aromatic rings. The Morgan fingerprint density at radius 3 is 2.86 bits per heavy atom. The Morgan fingerprint density at radius 2 is 2.05 bits per heavy atom. The van der Waals surface area contributed by atoms with E-state index in [-0.39, 0.29) is 0 Å². The smallest absolute Gasteiger partial charge is 0.0725 e. The van der Waals surface area contributed by atoms with Gasteiger partial charge in [0.25, 0.3) is 0 Å². The van der Waals surface area contributed by atoms with Crippen LogP contribution in [0.4, 0.5) is 5.69 Å². The first-order chi connectivity index (χ1) is 10.2. The van der Waals surface area contributed by atoms with Crippen molar-refractivity contribution in [2.45, 2.75) is 19.9 Å². The Balaban J connectivity index is 1.74. The average Bonchev–Trinajstić information content (AvgIpc) is 2.48. The van der Waals surface area contributed by atoms with E-state index in [1.807, 2.05) is 13.0 Å². The third-order valence-corrected chi connectivity index (χ3v) is 3.88. The summed E-state index contributed by atoms with van der Waals surface area (Å²) >= 11 is 0. The van der Waals surface area contributed by atoms with E-state index in [0.29, 0.717) is 6.04 Å². The van der Waals surface area contributed by atoms with Gasteiger partial charge in [0.05, 0.1) is 18.7 Å². The van der Waals surface area contributed by atoms with Crippen molar-refractivity contribution in [1.82, 2.24) is 9.88 Å². The molecule has 1 N–H and O–H groups in total. The van der Waals surface area contributed by atoms with E-state index in [9.17, 15) is 0 Å². The minimum Gasteiger partial charge on any atom is -0.381 e. The topological polar surface area (TPSA) is 37.4 Å². The van der Waals surface area contributed by atoms with Gasteiger partial charge in [-0.1, -0.05) is 18.2 Å². The van der Waals surface area contributed by atoms with Crippen LogP contribution in [0.15, 0.2) is 30.3 Å². The van der Waals surface area contributed by atoms with E-state index in [0.717, 1.165) is 44.1 Å². The quantitative estimate of drug-likeness (QED) is 0.937. The summed E-state index contributed by atoms with van der Waals surface area (Å²) in [7, 11) is 0. The van der Waals surface area contributed by atoms with Crippen LogP contribution in [0.25, 0.3) is 10.9 Å². The summed E-state index contributed by atoms with van der Waals surface area (Å²) in [6.45, 7) is 9.08. The monoisotopic (exact) mass is 285 g/mol. The molecule has 3 rings (SSSR count). The van der Waals surface area contributed by atoms with Crippen LogP contribution in [0.2, 0.25) is 0 Å². The molecule has 1 aliphatic heterocycles. The third kappa shape index (κ3) is 3.52. The van der Waals surface area contributed by atoms with Gasteiger partial charge in [-0.15, -0.1) is 0 Å². The molecule has 4 nitrogen and oxygen atoms in total. The fourth-order valence-corrected chi connectivity index (χ4v) is 2.91. The molecule has 1 aromatic heterocycles. The summed E-state index contributed by atoms with van der Waals surface area (Å²) in [6, 6.07) is 10.8. The van der Waals surface area contributed by atoms with Gasteiger partial charge in [-0.05, 0) is 26.0 Å². The number of pyridine rings is 1. The number of anilines is 1. The van der Waals surface area contributed by atoms with Gasteiger partial charge >= 0.3 is 0 Å². The van der Waals surface area contributed by atoms with Crippen molar-refractivity contribution >= 4 is 16.6 Å². The lowest BCUT2D eigenvalue weighted by Crippen LogP contribution is -2.42. The molecule has 1 aromatic carbocycles. The molecular formula is C17H23N3O. The second kappa shape index (κ2) is 6.41. The lowest BCUT2D eigenvalue weighted by molar-refractivity contribution is 0.0368. The van der Waals surface area contributed by atoms with Crippen LogP contribution in [0.3, 0.4) is 0 Å². The van der Waals surface area contributed by atoms with Crippen molar-refractivity contribution in [3.63, 3.8) is 0 Å². The maximum absolute atomic E-state index is 5.40. The zero-order chi connectivity index (χ0) is 14.7. The summed E-state index contributed by atoms with van der Waals surface area (Å²) in [6.07, 6.45) is 0. The highest BCUT2D eigenvalue weighted by Crippen LogP contribution is 2.23. The number of hydrogen-bond acceptors (Lipinski definition) is 4. The molecule has 0 saturated carbocycles. The van der Waals surface area contributed by atoms with E-state index in [4.69, 9.17) is 4.74 Å². The van der Waals surface area contributed by atoms with Gasteiger partial charge in [0, 0.05) is 42.4 Å². The van der Waals surface area contributed by atoms with Crippen LogP contribution in [-0.2, 0) is 4.74 Å². The van der Waals surface area contributed by atoms with Crippen molar-refractivity contribution in [2.75, 3.05) is 38.2 Å². The van der Waals surface area contributed by atoms with Crippen molar-refractivity contribution < 1.29 is 4.74 Å². The van der Waals surface area contributed by atoms with Gasteiger partial charge < -0.3 is 10.1 Å². The summed E-state index contributed by atoms with van der Waals surface area (Å²) < 4.78 is 5.40. The van der Waals surface area contributed by atoms with E-state index in [1.165, 1.54) is 11.1 Å². The van der Waals surface area contributed by atoms with Gasteiger partial charge in [-0.2, -0.15) is 0 Å². The fraction of sp³-hybridized carbons (Fsp3) is 0.471. The number of aryl methyl sites for hydroxylation is 1. The number of hydrogen-bond donors (Lipinski definition) is 1. The first-order valence-corrected chi connectivity index (χ1v) is 7.65. The highest BCUT2D eigenvalue weighted by atomic mass is 16.5. The Labute approximate surface area is 126 Å². The van der Waals surface area contributed by atoms with Gasteiger partial charge in [0.15, 0.2) is 0 Å². The number of para-hydroxylation sites is 1. The molecule has 1 fully saturated rings. The van der Waals surface area contributed by atoms with Gasteiger partial charge in [0.1, 0.15) is 0 Å². The highest BCUT2D eigenvalue weighted by molar-refractivity contribution is 5.91. The number of ether oxygens (including phenoxy) is 1. The second-order valence-corrected chi connectivity index (χ2v) is 5.79. The van der Waals surface area contributed by atoms with Gasteiger partial charge in [0.2, 0.25) is 0 Å². The average molecular weight is 285 g/mol. The normalized spacial score (nSPS) is 17.8. The van der Waals surface area contributed by atoms with E-state index in [1.54, 1.807) is 0 Å². The van der Waals surface area contributed by atoms with Crippen LogP contribution in [0.1, 0.15) is 12.6 Å². The number of benzene rings is 1. The van der Waals surface area contributed by atoms with E-state index >= 15 is 0 Å². The standard InChI is InChI=1S/C17H23N3O/c1-13-11-17(15-5-3-4-6-16(15)18-13)19-14(2)12-20-7-9-21-10-8-20/h3-6,11,14H,7-10,12H2,1-2H3,(H,18,19). The molecule has 1 atom stereocenters. The lowest BCUT2D eigenvalue weighted by atomic mass is 10.1. The van der Waals surface area contributed by atoms with Gasteiger partial charge in [-0.3, -0.25) is 9.88 Å². The zero-order valence-corrected chi connectivity index (χ0v) is 12.8. The summed E-state index contributed by atoms with van der Waals surface area (Å²) in [5, 5.41) is 4.84. The Kier molecular flexibility index (Phi) is 4.36. The van der Waals surface area contributed by atoms with Crippen LogP contribution in [-0.4, -0.2) is 48.8 Å². The molecule has 1 aliphatic rings. The highest BCUT2D eigenvalue weighted by Gasteiger charge is 2.14. The lowest BCUT2D eigenvalue weighted by Gasteiger charge is -2.30. The van der Waals surface area contributed by atoms with E-state index < -0.39 is 0 Å². The number of nitrogens with one attached hydrogen (secondary N) is 1.